The van der Waals surface area contributed by atoms with Gasteiger partial charge in [0, 0.05) is 6.54 Å². The summed E-state index contributed by atoms with van der Waals surface area (Å²) in [6.45, 7) is 6.61. The number of rotatable bonds is 5. The van der Waals surface area contributed by atoms with Crippen LogP contribution in [0.4, 0.5) is 0 Å². The molecule has 0 spiro atoms. The maximum absolute atomic E-state index is 12.0. The molecule has 0 aliphatic rings. The molecule has 0 radical (unpaired) electrons. The molecule has 0 amide bonds. The van der Waals surface area contributed by atoms with E-state index in [1.54, 1.807) is 0 Å². The van der Waals surface area contributed by atoms with Gasteiger partial charge in [0.2, 0.25) is 0 Å². The highest BCUT2D eigenvalue weighted by Crippen LogP contribution is 2.10. The molecule has 1 aromatic rings. The fraction of sp³-hybridized carbons (Fsp3) is 0.615. The van der Waals surface area contributed by atoms with Gasteiger partial charge in [-0.05, 0) is 24.8 Å². The van der Waals surface area contributed by atoms with Crippen molar-refractivity contribution in [3.05, 3.63) is 27.2 Å². The Morgan fingerprint density at radius 2 is 2.00 bits per heavy atom. The van der Waals surface area contributed by atoms with Crippen LogP contribution < -0.4 is 5.56 Å². The summed E-state index contributed by atoms with van der Waals surface area (Å²) in [5, 5.41) is 13.5. The fourth-order valence-corrected chi connectivity index (χ4v) is 1.89. The zero-order valence-corrected chi connectivity index (χ0v) is 10.8. The molecule has 17 heavy (non-hydrogen) atoms. The Bertz CT molecular complexity index is 483. The second-order valence-corrected chi connectivity index (χ2v) is 4.00. The first-order valence-corrected chi connectivity index (χ1v) is 6.22. The van der Waals surface area contributed by atoms with Gasteiger partial charge in [-0.1, -0.05) is 27.2 Å². The quantitative estimate of drug-likeness (QED) is 0.782. The Morgan fingerprint density at radius 3 is 2.47 bits per heavy atom. The number of aromatic nitrogens is 2. The van der Waals surface area contributed by atoms with Gasteiger partial charge in [-0.25, -0.2) is 4.68 Å². The standard InChI is InChI=1S/C13H19N3O/c1-4-7-8-16-13(17)11(9-14)10(5-2)12(6-3)15-16/h4-8H2,1-3H3. The molecule has 1 rings (SSSR count). The highest BCUT2D eigenvalue weighted by atomic mass is 16.1. The van der Waals surface area contributed by atoms with Crippen LogP contribution in [0.2, 0.25) is 0 Å². The van der Waals surface area contributed by atoms with Crippen LogP contribution in [0.15, 0.2) is 4.79 Å². The van der Waals surface area contributed by atoms with Crippen molar-refractivity contribution in [1.82, 2.24) is 9.78 Å². The van der Waals surface area contributed by atoms with E-state index in [1.165, 1.54) is 4.68 Å². The minimum absolute atomic E-state index is 0.241. The average molecular weight is 233 g/mol. The molecule has 0 N–H and O–H groups in total. The number of nitriles is 1. The van der Waals surface area contributed by atoms with Crippen molar-refractivity contribution in [2.75, 3.05) is 0 Å². The molecular weight excluding hydrogens is 214 g/mol. The van der Waals surface area contributed by atoms with E-state index in [9.17, 15) is 4.79 Å². The number of hydrogen-bond acceptors (Lipinski definition) is 3. The Labute approximate surface area is 102 Å². The average Bonchev–Trinajstić information content (AvgIpc) is 2.36. The van der Waals surface area contributed by atoms with E-state index in [-0.39, 0.29) is 11.1 Å². The Kier molecular flexibility index (Phi) is 4.89. The zero-order valence-electron chi connectivity index (χ0n) is 10.8. The van der Waals surface area contributed by atoms with E-state index in [2.05, 4.69) is 12.0 Å². The van der Waals surface area contributed by atoms with Crippen LogP contribution in [-0.4, -0.2) is 9.78 Å². The maximum Gasteiger partial charge on any atom is 0.284 e. The molecule has 0 saturated carbocycles. The van der Waals surface area contributed by atoms with Crippen molar-refractivity contribution in [2.24, 2.45) is 0 Å². The first-order chi connectivity index (χ1) is 8.19. The predicted molar refractivity (Wildman–Crippen MR) is 66.9 cm³/mol. The molecule has 1 aromatic heterocycles. The highest BCUT2D eigenvalue weighted by molar-refractivity contribution is 5.37. The van der Waals surface area contributed by atoms with E-state index >= 15 is 0 Å². The number of aryl methyl sites for hydroxylation is 2. The molecule has 92 valence electrons. The molecule has 4 heteroatoms. The van der Waals surface area contributed by atoms with Crippen LogP contribution in [-0.2, 0) is 19.4 Å². The molecule has 0 unspecified atom stereocenters. The fourth-order valence-electron chi connectivity index (χ4n) is 1.89. The minimum atomic E-state index is -0.241. The monoisotopic (exact) mass is 233 g/mol. The smallest absolute Gasteiger partial charge is 0.266 e. The van der Waals surface area contributed by atoms with Crippen LogP contribution in [0.3, 0.4) is 0 Å². The van der Waals surface area contributed by atoms with E-state index in [0.29, 0.717) is 13.0 Å². The van der Waals surface area contributed by atoms with E-state index < -0.39 is 0 Å². The summed E-state index contributed by atoms with van der Waals surface area (Å²) < 4.78 is 1.44. The van der Waals surface area contributed by atoms with Crippen LogP contribution in [0.1, 0.15) is 50.4 Å². The summed E-state index contributed by atoms with van der Waals surface area (Å²) in [4.78, 5) is 12.0. The number of nitrogens with zero attached hydrogens (tertiary/aromatic N) is 3. The Hall–Kier alpha value is -1.63. The van der Waals surface area contributed by atoms with Gasteiger partial charge in [-0.3, -0.25) is 4.79 Å². The van der Waals surface area contributed by atoms with Gasteiger partial charge in [0.1, 0.15) is 11.6 Å². The first kappa shape index (κ1) is 13.4. The lowest BCUT2D eigenvalue weighted by atomic mass is 10.0. The molecular formula is C13H19N3O. The van der Waals surface area contributed by atoms with Gasteiger partial charge in [0.25, 0.3) is 5.56 Å². The lowest BCUT2D eigenvalue weighted by molar-refractivity contribution is 0.529. The van der Waals surface area contributed by atoms with Crippen LogP contribution in [0.25, 0.3) is 0 Å². The van der Waals surface area contributed by atoms with E-state index in [4.69, 9.17) is 5.26 Å². The van der Waals surface area contributed by atoms with E-state index in [1.807, 2.05) is 19.9 Å². The zero-order chi connectivity index (χ0) is 12.8. The summed E-state index contributed by atoms with van der Waals surface area (Å²) in [5.74, 6) is 0. The first-order valence-electron chi connectivity index (χ1n) is 6.22. The number of hydrogen-bond donors (Lipinski definition) is 0. The molecule has 4 nitrogen and oxygen atoms in total. The van der Waals surface area contributed by atoms with Crippen molar-refractivity contribution in [2.45, 2.75) is 53.0 Å². The summed E-state index contributed by atoms with van der Waals surface area (Å²) in [7, 11) is 0. The van der Waals surface area contributed by atoms with Crippen LogP contribution in [0, 0.1) is 11.3 Å². The highest BCUT2D eigenvalue weighted by Gasteiger charge is 2.14. The summed E-state index contributed by atoms with van der Waals surface area (Å²) in [6.07, 6.45) is 3.35. The van der Waals surface area contributed by atoms with Crippen molar-refractivity contribution in [3.8, 4) is 6.07 Å². The summed E-state index contributed by atoms with van der Waals surface area (Å²) in [5.41, 5.74) is 1.72. The molecule has 0 saturated heterocycles. The molecule has 0 fully saturated rings. The normalized spacial score (nSPS) is 10.2. The molecule has 0 aromatic carbocycles. The second-order valence-electron chi connectivity index (χ2n) is 4.00. The van der Waals surface area contributed by atoms with Gasteiger partial charge >= 0.3 is 0 Å². The third kappa shape index (κ3) is 2.73. The van der Waals surface area contributed by atoms with Gasteiger partial charge in [0.15, 0.2) is 0 Å². The second kappa shape index (κ2) is 6.19. The van der Waals surface area contributed by atoms with Gasteiger partial charge in [-0.15, -0.1) is 0 Å². The summed E-state index contributed by atoms with van der Waals surface area (Å²) in [6, 6.07) is 2.03. The van der Waals surface area contributed by atoms with Crippen molar-refractivity contribution in [1.29, 1.82) is 5.26 Å². The summed E-state index contributed by atoms with van der Waals surface area (Å²) >= 11 is 0. The largest absolute Gasteiger partial charge is 0.284 e. The third-order valence-corrected chi connectivity index (χ3v) is 2.86. The SMILES string of the molecule is CCCCn1nc(CC)c(CC)c(C#N)c1=O. The topological polar surface area (TPSA) is 58.7 Å². The van der Waals surface area contributed by atoms with Gasteiger partial charge < -0.3 is 0 Å². The Balaban J connectivity index is 3.36. The number of unbranched alkanes of at least 4 members (excludes halogenated alkanes) is 1. The molecule has 0 aliphatic carbocycles. The lowest BCUT2D eigenvalue weighted by Gasteiger charge is -2.11. The predicted octanol–water partition coefficient (Wildman–Crippen LogP) is 2.04. The third-order valence-electron chi connectivity index (χ3n) is 2.86. The van der Waals surface area contributed by atoms with Crippen molar-refractivity contribution >= 4 is 0 Å². The molecule has 0 aliphatic heterocycles. The van der Waals surface area contributed by atoms with Gasteiger partial charge in [-0.2, -0.15) is 10.4 Å². The molecule has 0 bridgehead atoms. The van der Waals surface area contributed by atoms with Gasteiger partial charge in [0.05, 0.1) is 5.69 Å². The lowest BCUT2D eigenvalue weighted by Crippen LogP contribution is -2.28. The van der Waals surface area contributed by atoms with Crippen molar-refractivity contribution in [3.63, 3.8) is 0 Å². The maximum atomic E-state index is 12.0. The minimum Gasteiger partial charge on any atom is -0.266 e. The van der Waals surface area contributed by atoms with Crippen LogP contribution in [0.5, 0.6) is 0 Å². The molecule has 0 atom stereocenters. The Morgan fingerprint density at radius 1 is 1.29 bits per heavy atom. The molecule has 1 heterocycles. The van der Waals surface area contributed by atoms with Crippen molar-refractivity contribution < 1.29 is 0 Å². The van der Waals surface area contributed by atoms with Crippen LogP contribution >= 0.6 is 0 Å². The van der Waals surface area contributed by atoms with E-state index in [0.717, 1.165) is 30.5 Å².